The molecule has 156 valence electrons. The third kappa shape index (κ3) is 4.98. The Hall–Kier alpha value is -3.09. The fraction of sp³-hybridized carbons (Fsp3) is 0.0833. The molecule has 1 aliphatic rings. The molecule has 3 aromatic rings. The molecule has 4 nitrogen and oxygen atoms in total. The number of nitrogens with zero attached hydrogens (tertiary/aromatic N) is 2. The van der Waals surface area contributed by atoms with Crippen molar-refractivity contribution >= 4 is 46.2 Å². The molecule has 31 heavy (non-hydrogen) atoms. The van der Waals surface area contributed by atoms with Gasteiger partial charge in [0.25, 0.3) is 5.91 Å². The number of halogens is 2. The van der Waals surface area contributed by atoms with Gasteiger partial charge < -0.3 is 4.74 Å². The molecule has 0 saturated heterocycles. The molecular formula is C24H18ClFN2O2S. The minimum atomic E-state index is -0.333. The molecule has 0 fully saturated rings. The summed E-state index contributed by atoms with van der Waals surface area (Å²) in [5, 5.41) is 1.23. The highest BCUT2D eigenvalue weighted by Crippen LogP contribution is 2.32. The van der Waals surface area contributed by atoms with Gasteiger partial charge in [-0.1, -0.05) is 53.7 Å². The lowest BCUT2D eigenvalue weighted by molar-refractivity contribution is -0.113. The van der Waals surface area contributed by atoms with E-state index in [1.807, 2.05) is 42.5 Å². The van der Waals surface area contributed by atoms with Gasteiger partial charge in [0.15, 0.2) is 5.17 Å². The fourth-order valence-corrected chi connectivity index (χ4v) is 4.11. The number of amides is 1. The molecule has 0 N–H and O–H groups in total. The maximum absolute atomic E-state index is 13.2. The van der Waals surface area contributed by atoms with E-state index in [4.69, 9.17) is 16.3 Å². The molecule has 3 aromatic carbocycles. The molecule has 4 rings (SSSR count). The summed E-state index contributed by atoms with van der Waals surface area (Å²) in [5.41, 5.74) is 2.70. The number of aliphatic imine (C=N–C) groups is 1. The second-order valence-corrected chi connectivity index (χ2v) is 8.11. The van der Waals surface area contributed by atoms with Crippen LogP contribution in [0.5, 0.6) is 5.75 Å². The molecule has 1 aliphatic heterocycles. The Morgan fingerprint density at radius 3 is 2.55 bits per heavy atom. The first-order valence-corrected chi connectivity index (χ1v) is 10.8. The van der Waals surface area contributed by atoms with E-state index in [2.05, 4.69) is 4.99 Å². The predicted octanol–water partition coefficient (Wildman–Crippen LogP) is 6.16. The Morgan fingerprint density at radius 2 is 1.84 bits per heavy atom. The summed E-state index contributed by atoms with van der Waals surface area (Å²) in [7, 11) is 1.58. The summed E-state index contributed by atoms with van der Waals surface area (Å²) in [6, 6.07) is 20.7. The molecule has 7 heteroatoms. The largest absolute Gasteiger partial charge is 0.497 e. The number of carbonyl (C=O) groups excluding carboxylic acids is 1. The number of rotatable bonds is 5. The third-order valence-electron chi connectivity index (χ3n) is 4.60. The van der Waals surface area contributed by atoms with Crippen molar-refractivity contribution in [3.63, 3.8) is 0 Å². The Morgan fingerprint density at radius 1 is 1.10 bits per heavy atom. The summed E-state index contributed by atoms with van der Waals surface area (Å²) >= 11 is 7.42. The average molecular weight is 453 g/mol. The second-order valence-electron chi connectivity index (χ2n) is 6.73. The van der Waals surface area contributed by atoms with Crippen molar-refractivity contribution in [3.05, 3.63) is 100 Å². The van der Waals surface area contributed by atoms with Crippen LogP contribution < -0.4 is 9.64 Å². The number of hydrogen-bond acceptors (Lipinski definition) is 4. The third-order valence-corrected chi connectivity index (χ3v) is 5.86. The van der Waals surface area contributed by atoms with Crippen molar-refractivity contribution in [2.24, 2.45) is 4.99 Å². The lowest BCUT2D eigenvalue weighted by atomic mass is 10.2. The number of ether oxygens (including phenoxy) is 1. The van der Waals surface area contributed by atoms with Crippen LogP contribution in [0, 0.1) is 5.82 Å². The summed E-state index contributed by atoms with van der Waals surface area (Å²) in [5.74, 6) is 0.674. The fourth-order valence-electron chi connectivity index (χ4n) is 3.02. The van der Waals surface area contributed by atoms with Crippen LogP contribution in [0.1, 0.15) is 11.1 Å². The van der Waals surface area contributed by atoms with Crippen LogP contribution in [0.25, 0.3) is 6.08 Å². The Bertz CT molecular complexity index is 1160. The van der Waals surface area contributed by atoms with E-state index in [1.54, 1.807) is 36.3 Å². The van der Waals surface area contributed by atoms with Crippen LogP contribution in [0.3, 0.4) is 0 Å². The first kappa shape index (κ1) is 21.2. The number of carbonyl (C=O) groups is 1. The van der Waals surface area contributed by atoms with Gasteiger partial charge in [0.1, 0.15) is 17.3 Å². The van der Waals surface area contributed by atoms with Crippen LogP contribution in [0.4, 0.5) is 10.1 Å². The maximum Gasteiger partial charge on any atom is 0.283 e. The standard InChI is InChI=1S/C24H18ClFN2O2S/c1-30-21-4-2-3-20(14-21)28-23(29)22(13-16-7-11-19(26)12-8-16)27-24(28)31-15-17-5-9-18(25)10-6-17/h2-14H,15H2,1H3. The highest BCUT2D eigenvalue weighted by molar-refractivity contribution is 8.13. The molecule has 0 atom stereocenters. The monoisotopic (exact) mass is 452 g/mol. The minimum absolute atomic E-state index is 0.254. The van der Waals surface area contributed by atoms with Gasteiger partial charge in [-0.2, -0.15) is 0 Å². The smallest absolute Gasteiger partial charge is 0.283 e. The molecule has 0 aliphatic carbocycles. The van der Waals surface area contributed by atoms with Gasteiger partial charge in [-0.25, -0.2) is 9.38 Å². The van der Waals surface area contributed by atoms with E-state index in [9.17, 15) is 9.18 Å². The van der Waals surface area contributed by atoms with Gasteiger partial charge in [0.05, 0.1) is 12.8 Å². The van der Waals surface area contributed by atoms with E-state index < -0.39 is 0 Å². The number of thioether (sulfide) groups is 1. The summed E-state index contributed by atoms with van der Waals surface area (Å²) in [6.07, 6.45) is 1.66. The first-order valence-electron chi connectivity index (χ1n) is 9.45. The molecule has 0 radical (unpaired) electrons. The van der Waals surface area contributed by atoms with Crippen LogP contribution >= 0.6 is 23.4 Å². The minimum Gasteiger partial charge on any atom is -0.497 e. The Kier molecular flexibility index (Phi) is 6.39. The summed E-state index contributed by atoms with van der Waals surface area (Å²) in [6.45, 7) is 0. The Labute approximate surface area is 189 Å². The maximum atomic E-state index is 13.2. The predicted molar refractivity (Wildman–Crippen MR) is 125 cm³/mol. The number of anilines is 1. The van der Waals surface area contributed by atoms with Crippen LogP contribution in [-0.4, -0.2) is 18.2 Å². The molecule has 1 heterocycles. The summed E-state index contributed by atoms with van der Waals surface area (Å²) < 4.78 is 18.5. The van der Waals surface area contributed by atoms with Crippen molar-refractivity contribution in [3.8, 4) is 5.75 Å². The van der Waals surface area contributed by atoms with Crippen LogP contribution in [0.2, 0.25) is 5.02 Å². The Balaban J connectivity index is 1.67. The lowest BCUT2D eigenvalue weighted by Crippen LogP contribution is -2.30. The molecule has 0 aromatic heterocycles. The van der Waals surface area contributed by atoms with E-state index in [0.717, 1.165) is 5.56 Å². The lowest BCUT2D eigenvalue weighted by Gasteiger charge is -2.18. The molecule has 0 unspecified atom stereocenters. The van der Waals surface area contributed by atoms with Crippen molar-refractivity contribution < 1.29 is 13.9 Å². The number of benzene rings is 3. The number of amidine groups is 1. The molecule has 0 spiro atoms. The molecule has 0 bridgehead atoms. The normalized spacial score (nSPS) is 14.8. The van der Waals surface area contributed by atoms with E-state index in [-0.39, 0.29) is 17.4 Å². The number of hydrogen-bond donors (Lipinski definition) is 0. The van der Waals surface area contributed by atoms with Crippen molar-refractivity contribution in [1.82, 2.24) is 0 Å². The topological polar surface area (TPSA) is 41.9 Å². The summed E-state index contributed by atoms with van der Waals surface area (Å²) in [4.78, 5) is 19.4. The zero-order valence-electron chi connectivity index (χ0n) is 16.6. The van der Waals surface area contributed by atoms with Gasteiger partial charge in [-0.15, -0.1) is 0 Å². The van der Waals surface area contributed by atoms with Gasteiger partial charge in [-0.3, -0.25) is 9.69 Å². The van der Waals surface area contributed by atoms with Gasteiger partial charge >= 0.3 is 0 Å². The second kappa shape index (κ2) is 9.37. The van der Waals surface area contributed by atoms with Crippen molar-refractivity contribution in [2.45, 2.75) is 5.75 Å². The SMILES string of the molecule is COc1cccc(N2C(=O)C(=Cc3ccc(F)cc3)N=C2SCc2ccc(Cl)cc2)c1. The zero-order valence-corrected chi connectivity index (χ0v) is 18.2. The van der Waals surface area contributed by atoms with Crippen LogP contribution in [-0.2, 0) is 10.5 Å². The average Bonchev–Trinajstić information content (AvgIpc) is 3.10. The van der Waals surface area contributed by atoms with E-state index >= 15 is 0 Å². The first-order chi connectivity index (χ1) is 15.0. The number of methoxy groups -OCH3 is 1. The quantitative estimate of drug-likeness (QED) is 0.435. The van der Waals surface area contributed by atoms with E-state index in [0.29, 0.717) is 32.9 Å². The van der Waals surface area contributed by atoms with Gasteiger partial charge in [0, 0.05) is 16.8 Å². The van der Waals surface area contributed by atoms with Crippen molar-refractivity contribution in [1.29, 1.82) is 0 Å². The highest BCUT2D eigenvalue weighted by Gasteiger charge is 2.32. The van der Waals surface area contributed by atoms with Crippen LogP contribution in [0.15, 0.2) is 83.5 Å². The highest BCUT2D eigenvalue weighted by atomic mass is 35.5. The zero-order chi connectivity index (χ0) is 21.8. The molecule has 1 amide bonds. The molecule has 0 saturated carbocycles. The van der Waals surface area contributed by atoms with Crippen molar-refractivity contribution in [2.75, 3.05) is 12.0 Å². The van der Waals surface area contributed by atoms with Gasteiger partial charge in [-0.05, 0) is 53.6 Å². The molecular weight excluding hydrogens is 435 g/mol. The van der Waals surface area contributed by atoms with Gasteiger partial charge in [0.2, 0.25) is 0 Å². The van der Waals surface area contributed by atoms with E-state index in [1.165, 1.54) is 23.9 Å².